The number of halogens is 1. The standard InChI is InChI=1S/C17H17ClOS/c18-17-7-11-9-6-10-12(11)16(15(19-17)13(10)14(9)17)20-8-4-2-1-3-5-8/h1-5,9-16H,6-7H2/t9-,10+,11-,12+,13-,14-,15+,16+,17+/m1/s1. The molecule has 4 aliphatic carbocycles. The number of fused-ring (bicyclic) bond motifs is 1. The fourth-order valence-corrected chi connectivity index (χ4v) is 8.80. The van der Waals surface area contributed by atoms with Crippen molar-refractivity contribution in [1.82, 2.24) is 0 Å². The fraction of sp³-hybridized carbons (Fsp3) is 0.647. The minimum Gasteiger partial charge on any atom is -0.355 e. The fourth-order valence-electron chi connectivity index (χ4n) is 6.65. The first-order valence-corrected chi connectivity index (χ1v) is 9.10. The molecule has 2 bridgehead atoms. The summed E-state index contributed by atoms with van der Waals surface area (Å²) in [4.78, 5) is 1.40. The van der Waals surface area contributed by atoms with Crippen LogP contribution in [0.4, 0.5) is 0 Å². The van der Waals surface area contributed by atoms with Crippen molar-refractivity contribution in [2.24, 2.45) is 35.5 Å². The zero-order chi connectivity index (χ0) is 13.1. The molecule has 0 N–H and O–H groups in total. The maximum atomic E-state index is 6.88. The first-order valence-electron chi connectivity index (χ1n) is 7.85. The van der Waals surface area contributed by atoms with E-state index in [-0.39, 0.29) is 5.06 Å². The molecule has 1 nitrogen and oxygen atoms in total. The van der Waals surface area contributed by atoms with Crippen LogP contribution < -0.4 is 0 Å². The van der Waals surface area contributed by atoms with E-state index in [1.807, 2.05) is 0 Å². The molecule has 3 heteroatoms. The molecule has 5 fully saturated rings. The Kier molecular flexibility index (Phi) is 1.95. The highest BCUT2D eigenvalue weighted by Gasteiger charge is 2.80. The highest BCUT2D eigenvalue weighted by molar-refractivity contribution is 8.00. The lowest BCUT2D eigenvalue weighted by Gasteiger charge is -2.28. The van der Waals surface area contributed by atoms with Gasteiger partial charge in [-0.05, 0) is 54.6 Å². The molecule has 1 heterocycles. The highest BCUT2D eigenvalue weighted by Crippen LogP contribution is 2.80. The van der Waals surface area contributed by atoms with E-state index in [4.69, 9.17) is 16.3 Å². The third kappa shape index (κ3) is 1.10. The Balaban J connectivity index is 1.44. The lowest BCUT2D eigenvalue weighted by molar-refractivity contribution is 0.0123. The van der Waals surface area contributed by atoms with E-state index < -0.39 is 0 Å². The number of ether oxygens (including phenoxy) is 1. The number of alkyl halides is 1. The summed E-state index contributed by atoms with van der Waals surface area (Å²) in [6.07, 6.45) is 3.00. The zero-order valence-electron chi connectivity index (χ0n) is 11.1. The van der Waals surface area contributed by atoms with E-state index in [9.17, 15) is 0 Å². The second kappa shape index (κ2) is 3.42. The average molecular weight is 305 g/mol. The van der Waals surface area contributed by atoms with Gasteiger partial charge >= 0.3 is 0 Å². The van der Waals surface area contributed by atoms with Crippen LogP contribution in [0.3, 0.4) is 0 Å². The van der Waals surface area contributed by atoms with Gasteiger partial charge in [-0.3, -0.25) is 0 Å². The number of hydrogen-bond acceptors (Lipinski definition) is 2. The van der Waals surface area contributed by atoms with Crippen LogP contribution in [0.2, 0.25) is 0 Å². The van der Waals surface area contributed by atoms with E-state index in [1.54, 1.807) is 0 Å². The van der Waals surface area contributed by atoms with E-state index in [2.05, 4.69) is 42.1 Å². The molecule has 0 amide bonds. The number of benzene rings is 1. The number of thioether (sulfide) groups is 1. The Hall–Kier alpha value is -0.180. The summed E-state index contributed by atoms with van der Waals surface area (Å²) in [7, 11) is 0. The Morgan fingerprint density at radius 2 is 1.95 bits per heavy atom. The summed E-state index contributed by atoms with van der Waals surface area (Å²) in [5.74, 6) is 5.00. The van der Waals surface area contributed by atoms with Crippen LogP contribution in [0.5, 0.6) is 0 Å². The van der Waals surface area contributed by atoms with Crippen LogP contribution >= 0.6 is 23.4 Å². The van der Waals surface area contributed by atoms with Crippen molar-refractivity contribution in [3.63, 3.8) is 0 Å². The molecule has 0 unspecified atom stereocenters. The Morgan fingerprint density at radius 1 is 1.10 bits per heavy atom. The van der Waals surface area contributed by atoms with Crippen molar-refractivity contribution in [1.29, 1.82) is 0 Å². The van der Waals surface area contributed by atoms with E-state index >= 15 is 0 Å². The van der Waals surface area contributed by atoms with Crippen molar-refractivity contribution in [3.05, 3.63) is 30.3 Å². The quantitative estimate of drug-likeness (QED) is 0.763. The minimum absolute atomic E-state index is 0.278. The van der Waals surface area contributed by atoms with Crippen LogP contribution in [0.25, 0.3) is 0 Å². The van der Waals surface area contributed by atoms with Crippen LogP contribution in [0.1, 0.15) is 12.8 Å². The largest absolute Gasteiger partial charge is 0.355 e. The zero-order valence-corrected chi connectivity index (χ0v) is 12.7. The van der Waals surface area contributed by atoms with Crippen molar-refractivity contribution in [2.45, 2.75) is 34.2 Å². The van der Waals surface area contributed by atoms with E-state index in [0.29, 0.717) is 17.3 Å². The van der Waals surface area contributed by atoms with Crippen molar-refractivity contribution in [2.75, 3.05) is 0 Å². The molecule has 20 heavy (non-hydrogen) atoms. The van der Waals surface area contributed by atoms with Crippen LogP contribution in [0, 0.1) is 35.5 Å². The summed E-state index contributed by atoms with van der Waals surface area (Å²) in [5, 5.41) is 0.371. The topological polar surface area (TPSA) is 9.23 Å². The molecule has 5 aliphatic rings. The summed E-state index contributed by atoms with van der Waals surface area (Å²) in [5.41, 5.74) is 0. The van der Waals surface area contributed by atoms with Crippen LogP contribution in [-0.2, 0) is 4.74 Å². The van der Waals surface area contributed by atoms with Crippen molar-refractivity contribution < 1.29 is 4.74 Å². The molecule has 6 rings (SSSR count). The van der Waals surface area contributed by atoms with E-state index in [0.717, 1.165) is 36.0 Å². The third-order valence-electron chi connectivity index (χ3n) is 6.90. The second-order valence-electron chi connectivity index (χ2n) is 7.38. The SMILES string of the molecule is Cl[C@@]12C[C@@H]3[C@H]4C[C@H]5[C@@H]3[C@H](Sc3ccccc3)[C@@H](O1)[C@H]5[C@@H]42. The smallest absolute Gasteiger partial charge is 0.145 e. The highest BCUT2D eigenvalue weighted by atomic mass is 35.5. The Bertz CT molecular complexity index is 592. The van der Waals surface area contributed by atoms with Crippen molar-refractivity contribution >= 4 is 23.4 Å². The molecule has 1 aromatic rings. The molecule has 9 atom stereocenters. The number of hydrogen-bond donors (Lipinski definition) is 0. The lowest BCUT2D eigenvalue weighted by Crippen LogP contribution is -2.29. The maximum Gasteiger partial charge on any atom is 0.145 e. The van der Waals surface area contributed by atoms with Gasteiger partial charge in [0, 0.05) is 16.1 Å². The van der Waals surface area contributed by atoms with Gasteiger partial charge < -0.3 is 4.74 Å². The summed E-state index contributed by atoms with van der Waals surface area (Å²) in [6, 6.07) is 10.9. The van der Waals surface area contributed by atoms with Gasteiger partial charge in [0.05, 0.1) is 6.10 Å². The van der Waals surface area contributed by atoms with Gasteiger partial charge in [0.25, 0.3) is 0 Å². The van der Waals surface area contributed by atoms with Crippen molar-refractivity contribution in [3.8, 4) is 0 Å². The average Bonchev–Trinajstić information content (AvgIpc) is 3.11. The summed E-state index contributed by atoms with van der Waals surface area (Å²) < 4.78 is 6.45. The molecule has 0 radical (unpaired) electrons. The Morgan fingerprint density at radius 3 is 2.80 bits per heavy atom. The molecule has 1 aliphatic heterocycles. The predicted molar refractivity (Wildman–Crippen MR) is 79.7 cm³/mol. The molecular formula is C17H17ClOS. The van der Waals surface area contributed by atoms with Crippen LogP contribution in [-0.4, -0.2) is 16.4 Å². The first-order chi connectivity index (χ1) is 9.76. The lowest BCUT2D eigenvalue weighted by atomic mass is 9.80. The molecule has 1 aromatic carbocycles. The Labute approximate surface area is 128 Å². The van der Waals surface area contributed by atoms with Gasteiger partial charge in [-0.25, -0.2) is 0 Å². The second-order valence-corrected chi connectivity index (χ2v) is 9.27. The van der Waals surface area contributed by atoms with Gasteiger partial charge in [-0.2, -0.15) is 0 Å². The third-order valence-corrected chi connectivity index (χ3v) is 8.79. The predicted octanol–water partition coefficient (Wildman–Crippen LogP) is 4.01. The molecule has 104 valence electrons. The minimum atomic E-state index is -0.278. The van der Waals surface area contributed by atoms with Gasteiger partial charge in [0.15, 0.2) is 0 Å². The normalized spacial score (nSPS) is 60.0. The van der Waals surface area contributed by atoms with E-state index in [1.165, 1.54) is 11.3 Å². The molecular weight excluding hydrogens is 288 g/mol. The first kappa shape index (κ1) is 11.4. The van der Waals surface area contributed by atoms with Crippen LogP contribution in [0.15, 0.2) is 35.2 Å². The molecule has 0 aromatic heterocycles. The summed E-state index contributed by atoms with van der Waals surface area (Å²) in [6.45, 7) is 0. The summed E-state index contributed by atoms with van der Waals surface area (Å²) >= 11 is 8.94. The van der Waals surface area contributed by atoms with Gasteiger partial charge in [0.2, 0.25) is 0 Å². The molecule has 1 saturated heterocycles. The molecule has 0 spiro atoms. The monoisotopic (exact) mass is 304 g/mol. The van der Waals surface area contributed by atoms with Gasteiger partial charge in [-0.1, -0.05) is 29.8 Å². The van der Waals surface area contributed by atoms with Gasteiger partial charge in [0.1, 0.15) is 5.06 Å². The molecule has 4 saturated carbocycles. The van der Waals surface area contributed by atoms with Gasteiger partial charge in [-0.15, -0.1) is 11.8 Å². The number of rotatable bonds is 2. The maximum absolute atomic E-state index is 6.88.